The smallest absolute Gasteiger partial charge is 0.142 e. The predicted molar refractivity (Wildman–Crippen MR) is 84.2 cm³/mol. The highest BCUT2D eigenvalue weighted by atomic mass is 16.5. The maximum absolute atomic E-state index is 5.95. The molecule has 2 aromatic rings. The second kappa shape index (κ2) is 5.81. The van der Waals surface area contributed by atoms with E-state index in [1.54, 1.807) is 0 Å². The second-order valence-electron chi connectivity index (χ2n) is 5.36. The van der Waals surface area contributed by atoms with Crippen molar-refractivity contribution in [3.05, 3.63) is 42.5 Å². The van der Waals surface area contributed by atoms with E-state index >= 15 is 0 Å². The highest BCUT2D eigenvalue weighted by Crippen LogP contribution is 2.29. The number of hydrogen-bond donors (Lipinski definition) is 0. The minimum absolute atomic E-state index is 0.143. The molecule has 1 saturated heterocycles. The van der Waals surface area contributed by atoms with Gasteiger partial charge in [-0.25, -0.2) is 0 Å². The number of fused-ring (bicyclic) bond motifs is 1. The highest BCUT2D eigenvalue weighted by Gasteiger charge is 2.26. The van der Waals surface area contributed by atoms with E-state index < -0.39 is 0 Å². The molecule has 0 radical (unpaired) electrons. The van der Waals surface area contributed by atoms with E-state index in [0.29, 0.717) is 0 Å². The highest BCUT2D eigenvalue weighted by molar-refractivity contribution is 5.94. The Balaban J connectivity index is 2.00. The average Bonchev–Trinajstić information content (AvgIpc) is 2.47. The van der Waals surface area contributed by atoms with E-state index in [4.69, 9.17) is 4.74 Å². The van der Waals surface area contributed by atoms with Gasteiger partial charge in [0.2, 0.25) is 0 Å². The standard InChI is InChI=1S/C17H22N2O/c1-3-20-17-13-18(2)11-12-19(17)16-10-6-8-14-7-4-5-9-15(14)16/h4-10,17H,3,11-13H2,1-2H3. The Bertz CT molecular complexity index is 579. The Hall–Kier alpha value is -1.58. The lowest BCUT2D eigenvalue weighted by Crippen LogP contribution is -2.53. The molecule has 1 atom stereocenters. The van der Waals surface area contributed by atoms with E-state index in [2.05, 4.69) is 66.2 Å². The lowest BCUT2D eigenvalue weighted by atomic mass is 10.1. The third-order valence-corrected chi connectivity index (χ3v) is 3.97. The molecule has 1 fully saturated rings. The summed E-state index contributed by atoms with van der Waals surface area (Å²) in [5.74, 6) is 0. The summed E-state index contributed by atoms with van der Waals surface area (Å²) in [7, 11) is 2.16. The van der Waals surface area contributed by atoms with E-state index in [1.807, 2.05) is 0 Å². The van der Waals surface area contributed by atoms with E-state index in [9.17, 15) is 0 Å². The fraction of sp³-hybridized carbons (Fsp3) is 0.412. The predicted octanol–water partition coefficient (Wildman–Crippen LogP) is 2.95. The average molecular weight is 270 g/mol. The summed E-state index contributed by atoms with van der Waals surface area (Å²) < 4.78 is 5.95. The number of likely N-dealkylation sites (N-methyl/N-ethyl adjacent to an activating group) is 1. The topological polar surface area (TPSA) is 15.7 Å². The SMILES string of the molecule is CCOC1CN(C)CCN1c1cccc2ccccc12. The number of nitrogens with zero attached hydrogens (tertiary/aromatic N) is 2. The second-order valence-corrected chi connectivity index (χ2v) is 5.36. The molecule has 0 N–H and O–H groups in total. The molecular weight excluding hydrogens is 248 g/mol. The summed E-state index contributed by atoms with van der Waals surface area (Å²) in [4.78, 5) is 4.74. The van der Waals surface area contributed by atoms with Gasteiger partial charge in [-0.3, -0.25) is 0 Å². The zero-order chi connectivity index (χ0) is 13.9. The van der Waals surface area contributed by atoms with Gasteiger partial charge in [0.25, 0.3) is 0 Å². The van der Waals surface area contributed by atoms with Crippen molar-refractivity contribution in [2.24, 2.45) is 0 Å². The third kappa shape index (κ3) is 2.51. The van der Waals surface area contributed by atoms with Gasteiger partial charge in [-0.2, -0.15) is 0 Å². The first kappa shape index (κ1) is 13.4. The van der Waals surface area contributed by atoms with Crippen LogP contribution in [0.3, 0.4) is 0 Å². The van der Waals surface area contributed by atoms with Gasteiger partial charge in [0, 0.05) is 37.3 Å². The van der Waals surface area contributed by atoms with Gasteiger partial charge in [0.05, 0.1) is 0 Å². The van der Waals surface area contributed by atoms with Gasteiger partial charge in [-0.05, 0) is 25.4 Å². The molecule has 0 spiro atoms. The quantitative estimate of drug-likeness (QED) is 0.853. The molecule has 3 rings (SSSR count). The van der Waals surface area contributed by atoms with Crippen molar-refractivity contribution >= 4 is 16.5 Å². The minimum atomic E-state index is 0.143. The largest absolute Gasteiger partial charge is 0.357 e. The van der Waals surface area contributed by atoms with Gasteiger partial charge in [0.15, 0.2) is 0 Å². The van der Waals surface area contributed by atoms with Crippen molar-refractivity contribution in [3.8, 4) is 0 Å². The molecule has 1 aliphatic rings. The van der Waals surface area contributed by atoms with Crippen LogP contribution in [0.15, 0.2) is 42.5 Å². The Morgan fingerprint density at radius 2 is 1.90 bits per heavy atom. The molecule has 3 nitrogen and oxygen atoms in total. The molecule has 0 aromatic heterocycles. The Morgan fingerprint density at radius 1 is 1.10 bits per heavy atom. The van der Waals surface area contributed by atoms with Crippen molar-refractivity contribution in [2.75, 3.05) is 38.2 Å². The fourth-order valence-corrected chi connectivity index (χ4v) is 2.95. The van der Waals surface area contributed by atoms with Crippen LogP contribution in [-0.4, -0.2) is 44.4 Å². The zero-order valence-electron chi connectivity index (χ0n) is 12.2. The van der Waals surface area contributed by atoms with Crippen molar-refractivity contribution in [2.45, 2.75) is 13.2 Å². The van der Waals surface area contributed by atoms with Crippen LogP contribution in [0, 0.1) is 0 Å². The van der Waals surface area contributed by atoms with Crippen LogP contribution in [0.25, 0.3) is 10.8 Å². The number of benzene rings is 2. The van der Waals surface area contributed by atoms with Gasteiger partial charge in [-0.15, -0.1) is 0 Å². The summed E-state index contributed by atoms with van der Waals surface area (Å²) >= 11 is 0. The number of rotatable bonds is 3. The third-order valence-electron chi connectivity index (χ3n) is 3.97. The van der Waals surface area contributed by atoms with Crippen molar-refractivity contribution in [3.63, 3.8) is 0 Å². The molecule has 1 unspecified atom stereocenters. The molecule has 1 heterocycles. The molecule has 0 aliphatic carbocycles. The summed E-state index contributed by atoms with van der Waals surface area (Å²) in [5.41, 5.74) is 1.29. The van der Waals surface area contributed by atoms with Gasteiger partial charge in [0.1, 0.15) is 6.23 Å². The number of hydrogen-bond acceptors (Lipinski definition) is 3. The lowest BCUT2D eigenvalue weighted by molar-refractivity contribution is 0.0213. The number of anilines is 1. The Morgan fingerprint density at radius 3 is 2.75 bits per heavy atom. The van der Waals surface area contributed by atoms with Crippen LogP contribution in [-0.2, 0) is 4.74 Å². The number of piperazine rings is 1. The van der Waals surface area contributed by atoms with Crippen LogP contribution in [0.1, 0.15) is 6.92 Å². The molecule has 0 amide bonds. The normalized spacial score (nSPS) is 20.5. The molecule has 1 aliphatic heterocycles. The number of ether oxygens (including phenoxy) is 1. The van der Waals surface area contributed by atoms with Crippen LogP contribution in [0.5, 0.6) is 0 Å². The maximum Gasteiger partial charge on any atom is 0.142 e. The Kier molecular flexibility index (Phi) is 3.90. The van der Waals surface area contributed by atoms with Crippen molar-refractivity contribution in [1.29, 1.82) is 0 Å². The van der Waals surface area contributed by atoms with E-state index in [-0.39, 0.29) is 6.23 Å². The lowest BCUT2D eigenvalue weighted by Gasteiger charge is -2.41. The van der Waals surface area contributed by atoms with Gasteiger partial charge in [-0.1, -0.05) is 36.4 Å². The molecular formula is C17H22N2O. The summed E-state index contributed by atoms with van der Waals surface area (Å²) in [6.07, 6.45) is 0.143. The van der Waals surface area contributed by atoms with Crippen molar-refractivity contribution < 1.29 is 4.74 Å². The molecule has 20 heavy (non-hydrogen) atoms. The first-order valence-corrected chi connectivity index (χ1v) is 7.34. The van der Waals surface area contributed by atoms with Gasteiger partial charge >= 0.3 is 0 Å². The fourth-order valence-electron chi connectivity index (χ4n) is 2.95. The summed E-state index contributed by atoms with van der Waals surface area (Å²) in [5, 5.41) is 2.60. The van der Waals surface area contributed by atoms with E-state index in [0.717, 1.165) is 26.2 Å². The van der Waals surface area contributed by atoms with E-state index in [1.165, 1.54) is 16.5 Å². The minimum Gasteiger partial charge on any atom is -0.357 e. The van der Waals surface area contributed by atoms with Gasteiger partial charge < -0.3 is 14.5 Å². The summed E-state index contributed by atoms with van der Waals surface area (Å²) in [6.45, 7) is 5.86. The molecule has 106 valence electrons. The molecule has 2 aromatic carbocycles. The Labute approximate surface area is 120 Å². The monoisotopic (exact) mass is 270 g/mol. The molecule has 3 heteroatoms. The zero-order valence-corrected chi connectivity index (χ0v) is 12.2. The molecule has 0 saturated carbocycles. The van der Waals surface area contributed by atoms with Crippen LogP contribution in [0.4, 0.5) is 5.69 Å². The maximum atomic E-state index is 5.95. The first-order chi connectivity index (χ1) is 9.79. The van der Waals surface area contributed by atoms with Crippen LogP contribution >= 0.6 is 0 Å². The van der Waals surface area contributed by atoms with Crippen LogP contribution < -0.4 is 4.90 Å². The van der Waals surface area contributed by atoms with Crippen molar-refractivity contribution in [1.82, 2.24) is 4.90 Å². The van der Waals surface area contributed by atoms with Crippen LogP contribution in [0.2, 0.25) is 0 Å². The summed E-state index contributed by atoms with van der Waals surface area (Å²) in [6, 6.07) is 15.1. The first-order valence-electron chi connectivity index (χ1n) is 7.34. The molecule has 0 bridgehead atoms.